The fourth-order valence-corrected chi connectivity index (χ4v) is 3.75. The molecule has 0 bridgehead atoms. The largest absolute Gasteiger partial charge is 0.497 e. The van der Waals surface area contributed by atoms with E-state index >= 15 is 0 Å². The molecule has 1 heterocycles. The summed E-state index contributed by atoms with van der Waals surface area (Å²) in [5.41, 5.74) is 1.57. The quantitative estimate of drug-likeness (QED) is 0.400. The molecule has 0 fully saturated rings. The predicted octanol–water partition coefficient (Wildman–Crippen LogP) is 5.31. The van der Waals surface area contributed by atoms with E-state index in [4.69, 9.17) is 4.74 Å². The smallest absolute Gasteiger partial charge is 0.433 e. The van der Waals surface area contributed by atoms with E-state index in [9.17, 15) is 22.4 Å². The summed E-state index contributed by atoms with van der Waals surface area (Å²) in [6.07, 6.45) is -2.48. The van der Waals surface area contributed by atoms with Crippen LogP contribution in [0.3, 0.4) is 0 Å². The second-order valence-corrected chi connectivity index (χ2v) is 8.14. The van der Waals surface area contributed by atoms with Crippen LogP contribution in [0.5, 0.6) is 5.75 Å². The lowest BCUT2D eigenvalue weighted by atomic mass is 9.95. The number of carbonyl (C=O) groups excluding carboxylic acids is 1. The summed E-state index contributed by atoms with van der Waals surface area (Å²) >= 11 is 0. The molecule has 3 rings (SSSR count). The normalized spacial score (nSPS) is 13.2. The number of nitrogens with zero attached hydrogens (tertiary/aromatic N) is 1. The van der Waals surface area contributed by atoms with Gasteiger partial charge in [-0.15, -0.1) is 0 Å². The van der Waals surface area contributed by atoms with Gasteiger partial charge < -0.3 is 10.1 Å². The van der Waals surface area contributed by atoms with Gasteiger partial charge in [-0.25, -0.2) is 4.39 Å². The van der Waals surface area contributed by atoms with Crippen LogP contribution in [0, 0.1) is 12.7 Å². The Hall–Kier alpha value is -3.46. The van der Waals surface area contributed by atoms with Crippen molar-refractivity contribution in [2.45, 2.75) is 38.0 Å². The van der Waals surface area contributed by atoms with Crippen LogP contribution in [0.2, 0.25) is 0 Å². The van der Waals surface area contributed by atoms with E-state index in [1.807, 2.05) is 0 Å². The average Bonchev–Trinajstić information content (AvgIpc) is 2.85. The van der Waals surface area contributed by atoms with E-state index in [0.717, 1.165) is 11.6 Å². The third-order valence-corrected chi connectivity index (χ3v) is 5.75. The van der Waals surface area contributed by atoms with Crippen LogP contribution in [-0.2, 0) is 17.4 Å². The fourth-order valence-electron chi connectivity index (χ4n) is 3.75. The van der Waals surface area contributed by atoms with Crippen molar-refractivity contribution < 1.29 is 27.1 Å². The number of hydrogen-bond donors (Lipinski definition) is 2. The minimum atomic E-state index is -4.51. The SMILES string of the molecule is CNC(=O)C(NC(CCc1ccc(C(F)(F)F)nc1)c1ccc(F)c(C)c1)c1ccc(OC)cc1. The summed E-state index contributed by atoms with van der Waals surface area (Å²) in [5, 5.41) is 6.01. The molecular weight excluding hydrogens is 462 g/mol. The molecule has 2 aromatic carbocycles. The number of rotatable bonds is 9. The molecule has 2 N–H and O–H groups in total. The number of hydrogen-bond acceptors (Lipinski definition) is 4. The van der Waals surface area contributed by atoms with Crippen LogP contribution < -0.4 is 15.4 Å². The molecule has 0 saturated carbocycles. The van der Waals surface area contributed by atoms with Gasteiger partial charge in [0.05, 0.1) is 7.11 Å². The van der Waals surface area contributed by atoms with Gasteiger partial charge in [0, 0.05) is 19.3 Å². The first-order chi connectivity index (χ1) is 16.6. The molecular formula is C26H27F4N3O2. The molecule has 3 aromatic rings. The van der Waals surface area contributed by atoms with Crippen molar-refractivity contribution in [3.63, 3.8) is 0 Å². The van der Waals surface area contributed by atoms with Gasteiger partial charge in [-0.1, -0.05) is 30.3 Å². The second-order valence-electron chi connectivity index (χ2n) is 8.14. The van der Waals surface area contributed by atoms with Gasteiger partial charge >= 0.3 is 6.18 Å². The van der Waals surface area contributed by atoms with E-state index in [0.29, 0.717) is 35.3 Å². The molecule has 0 aliphatic rings. The topological polar surface area (TPSA) is 63.2 Å². The van der Waals surface area contributed by atoms with E-state index in [2.05, 4.69) is 15.6 Å². The molecule has 0 radical (unpaired) electrons. The molecule has 1 amide bonds. The van der Waals surface area contributed by atoms with Gasteiger partial charge in [0.25, 0.3) is 0 Å². The molecule has 186 valence electrons. The van der Waals surface area contributed by atoms with Crippen molar-refractivity contribution >= 4 is 5.91 Å². The standard InChI is InChI=1S/C26H27F4N3O2/c1-16-14-19(8-11-21(16)27)22(12-4-17-5-13-23(32-15-17)26(28,29)30)33-24(25(34)31-2)18-6-9-20(35-3)10-7-18/h5-11,13-15,22,24,33H,4,12H2,1-3H3,(H,31,34). The van der Waals surface area contributed by atoms with Gasteiger partial charge in [0.15, 0.2) is 0 Å². The highest BCUT2D eigenvalue weighted by Gasteiger charge is 2.32. The summed E-state index contributed by atoms with van der Waals surface area (Å²) in [6.45, 7) is 1.65. The highest BCUT2D eigenvalue weighted by atomic mass is 19.4. The highest BCUT2D eigenvalue weighted by molar-refractivity contribution is 5.83. The fraction of sp³-hybridized carbons (Fsp3) is 0.308. The van der Waals surface area contributed by atoms with Crippen molar-refractivity contribution in [1.82, 2.24) is 15.6 Å². The van der Waals surface area contributed by atoms with Crippen LogP contribution in [0.15, 0.2) is 60.8 Å². The molecule has 35 heavy (non-hydrogen) atoms. The first kappa shape index (κ1) is 26.2. The Morgan fingerprint density at radius 2 is 1.74 bits per heavy atom. The number of alkyl halides is 3. The zero-order chi connectivity index (χ0) is 25.6. The minimum absolute atomic E-state index is 0.268. The number of amides is 1. The van der Waals surface area contributed by atoms with Crippen molar-refractivity contribution in [2.24, 2.45) is 0 Å². The van der Waals surface area contributed by atoms with E-state index in [-0.39, 0.29) is 11.7 Å². The number of methoxy groups -OCH3 is 1. The maximum absolute atomic E-state index is 13.9. The highest BCUT2D eigenvalue weighted by Crippen LogP contribution is 2.29. The lowest BCUT2D eigenvalue weighted by Gasteiger charge is -2.26. The monoisotopic (exact) mass is 489 g/mol. The number of likely N-dealkylation sites (N-methyl/N-ethyl adjacent to an activating group) is 1. The van der Waals surface area contributed by atoms with Crippen molar-refractivity contribution in [3.8, 4) is 5.75 Å². The third-order valence-electron chi connectivity index (χ3n) is 5.75. The Balaban J connectivity index is 1.89. The zero-order valence-corrected chi connectivity index (χ0v) is 19.6. The lowest BCUT2D eigenvalue weighted by molar-refractivity contribution is -0.141. The molecule has 2 unspecified atom stereocenters. The van der Waals surface area contributed by atoms with Crippen LogP contribution >= 0.6 is 0 Å². The number of ether oxygens (including phenoxy) is 1. The molecule has 5 nitrogen and oxygen atoms in total. The molecule has 0 aliphatic carbocycles. The van der Waals surface area contributed by atoms with Gasteiger partial charge in [0.1, 0.15) is 23.3 Å². The Morgan fingerprint density at radius 3 is 2.29 bits per heavy atom. The van der Waals surface area contributed by atoms with Crippen LogP contribution in [0.25, 0.3) is 0 Å². The molecule has 0 spiro atoms. The molecule has 9 heteroatoms. The zero-order valence-electron chi connectivity index (χ0n) is 19.6. The Kier molecular flexibility index (Phi) is 8.45. The van der Waals surface area contributed by atoms with E-state index < -0.39 is 24.0 Å². The van der Waals surface area contributed by atoms with Gasteiger partial charge in [-0.3, -0.25) is 15.1 Å². The molecule has 0 saturated heterocycles. The van der Waals surface area contributed by atoms with Gasteiger partial charge in [0.2, 0.25) is 5.91 Å². The first-order valence-electron chi connectivity index (χ1n) is 11.0. The number of nitrogens with one attached hydrogen (secondary N) is 2. The maximum Gasteiger partial charge on any atom is 0.433 e. The summed E-state index contributed by atoms with van der Waals surface area (Å²) in [7, 11) is 3.08. The summed E-state index contributed by atoms with van der Waals surface area (Å²) in [6, 6.07) is 13.0. The van der Waals surface area contributed by atoms with E-state index in [1.165, 1.54) is 25.4 Å². The first-order valence-corrected chi connectivity index (χ1v) is 11.0. The van der Waals surface area contributed by atoms with Crippen molar-refractivity contribution in [2.75, 3.05) is 14.2 Å². The molecule has 2 atom stereocenters. The van der Waals surface area contributed by atoms with Gasteiger partial charge in [-0.05, 0) is 66.3 Å². The molecule has 0 aliphatic heterocycles. The second kappa shape index (κ2) is 11.3. The predicted molar refractivity (Wildman–Crippen MR) is 124 cm³/mol. The number of pyridine rings is 1. The number of aromatic nitrogens is 1. The van der Waals surface area contributed by atoms with Crippen molar-refractivity contribution in [3.05, 3.63) is 94.6 Å². The molecule has 1 aromatic heterocycles. The summed E-state index contributed by atoms with van der Waals surface area (Å²) < 4.78 is 57.6. The average molecular weight is 490 g/mol. The maximum atomic E-state index is 13.9. The number of carbonyl (C=O) groups is 1. The Labute approximate surface area is 201 Å². The summed E-state index contributed by atoms with van der Waals surface area (Å²) in [4.78, 5) is 16.3. The Morgan fingerprint density at radius 1 is 1.06 bits per heavy atom. The third kappa shape index (κ3) is 6.79. The number of aryl methyl sites for hydroxylation is 2. The van der Waals surface area contributed by atoms with Crippen LogP contribution in [0.1, 0.15) is 46.5 Å². The Bertz CT molecular complexity index is 1130. The minimum Gasteiger partial charge on any atom is -0.497 e. The van der Waals surface area contributed by atoms with Crippen LogP contribution in [0.4, 0.5) is 17.6 Å². The lowest BCUT2D eigenvalue weighted by Crippen LogP contribution is -2.38. The number of benzene rings is 2. The van der Waals surface area contributed by atoms with E-state index in [1.54, 1.807) is 50.4 Å². The van der Waals surface area contributed by atoms with Crippen LogP contribution in [-0.4, -0.2) is 25.0 Å². The number of halogens is 4. The van der Waals surface area contributed by atoms with Crippen molar-refractivity contribution in [1.29, 1.82) is 0 Å². The summed E-state index contributed by atoms with van der Waals surface area (Å²) in [5.74, 6) is 0.0255. The van der Waals surface area contributed by atoms with Gasteiger partial charge in [-0.2, -0.15) is 13.2 Å².